The largest absolute Gasteiger partial charge is 0.346 e. The second-order valence-electron chi connectivity index (χ2n) is 5.38. The molecule has 0 radical (unpaired) electrons. The maximum atomic E-state index is 12.2. The molecule has 1 saturated carbocycles. The number of hydrogen-bond donors (Lipinski definition) is 1. The van der Waals surface area contributed by atoms with E-state index in [2.05, 4.69) is 29.2 Å². The van der Waals surface area contributed by atoms with Crippen LogP contribution in [0, 0.1) is 13.8 Å². The van der Waals surface area contributed by atoms with E-state index >= 15 is 0 Å². The van der Waals surface area contributed by atoms with Gasteiger partial charge in [0.05, 0.1) is 4.34 Å². The minimum atomic E-state index is -3.49. The number of hydrogen-bond acceptors (Lipinski definition) is 3. The molecule has 0 unspecified atom stereocenters. The predicted octanol–water partition coefficient (Wildman–Crippen LogP) is 3.63. The first-order valence-electron chi connectivity index (χ1n) is 6.81. The zero-order chi connectivity index (χ0) is 15.2. The quantitative estimate of drug-likeness (QED) is 0.900. The normalized spacial score (nSPS) is 15.6. The summed E-state index contributed by atoms with van der Waals surface area (Å²) in [7, 11) is -3.49. The van der Waals surface area contributed by atoms with Gasteiger partial charge in [0, 0.05) is 24.0 Å². The van der Waals surface area contributed by atoms with Crippen LogP contribution in [0.4, 0.5) is 0 Å². The first-order chi connectivity index (χ1) is 9.88. The average Bonchev–Trinajstić information content (AvgIpc) is 3.07. The molecule has 0 aliphatic heterocycles. The van der Waals surface area contributed by atoms with Gasteiger partial charge >= 0.3 is 0 Å². The molecule has 1 aliphatic carbocycles. The fourth-order valence-electron chi connectivity index (χ4n) is 2.60. The number of nitrogens with zero attached hydrogens (tertiary/aromatic N) is 1. The van der Waals surface area contributed by atoms with Crippen molar-refractivity contribution in [3.05, 3.63) is 39.5 Å². The Morgan fingerprint density at radius 2 is 2.10 bits per heavy atom. The maximum absolute atomic E-state index is 12.2. The molecule has 0 bridgehead atoms. The fraction of sp³-hybridized carbons (Fsp3) is 0.429. The zero-order valence-corrected chi connectivity index (χ0v) is 14.3. The van der Waals surface area contributed by atoms with Gasteiger partial charge in [0.2, 0.25) is 10.0 Å². The molecule has 2 aromatic heterocycles. The molecule has 0 amide bonds. The number of nitrogens with one attached hydrogen (secondary N) is 1. The van der Waals surface area contributed by atoms with Gasteiger partial charge in [-0.2, -0.15) is 0 Å². The summed E-state index contributed by atoms with van der Waals surface area (Å²) in [4.78, 5) is 0. The van der Waals surface area contributed by atoms with E-state index in [1.54, 1.807) is 6.07 Å². The van der Waals surface area contributed by atoms with E-state index in [0.29, 0.717) is 16.9 Å². The van der Waals surface area contributed by atoms with E-state index < -0.39 is 10.0 Å². The summed E-state index contributed by atoms with van der Waals surface area (Å²) >= 11 is 6.86. The van der Waals surface area contributed by atoms with Crippen LogP contribution < -0.4 is 4.72 Å². The van der Waals surface area contributed by atoms with Crippen LogP contribution in [0.3, 0.4) is 0 Å². The van der Waals surface area contributed by atoms with Gasteiger partial charge in [-0.15, -0.1) is 11.3 Å². The molecule has 0 saturated heterocycles. The molecular weight excluding hydrogens is 328 g/mol. The van der Waals surface area contributed by atoms with Gasteiger partial charge in [-0.05, 0) is 50.5 Å². The molecule has 2 aromatic rings. The van der Waals surface area contributed by atoms with Crippen LogP contribution in [0.25, 0.3) is 0 Å². The van der Waals surface area contributed by atoms with Crippen LogP contribution >= 0.6 is 22.9 Å². The average molecular weight is 345 g/mol. The topological polar surface area (TPSA) is 51.1 Å². The highest BCUT2D eigenvalue weighted by molar-refractivity contribution is 7.91. The second-order valence-corrected chi connectivity index (χ2v) is 9.09. The Balaban J connectivity index is 1.77. The van der Waals surface area contributed by atoms with Gasteiger partial charge in [-0.3, -0.25) is 0 Å². The first kappa shape index (κ1) is 15.1. The second kappa shape index (κ2) is 5.43. The van der Waals surface area contributed by atoms with E-state index in [1.165, 1.54) is 24.6 Å². The smallest absolute Gasteiger partial charge is 0.250 e. The molecule has 0 spiro atoms. The Morgan fingerprint density at radius 3 is 2.67 bits per heavy atom. The summed E-state index contributed by atoms with van der Waals surface area (Å²) in [6.07, 6.45) is 2.43. The van der Waals surface area contributed by atoms with E-state index in [1.807, 2.05) is 0 Å². The van der Waals surface area contributed by atoms with Gasteiger partial charge in [-0.25, -0.2) is 13.1 Å². The minimum absolute atomic E-state index is 0.253. The molecule has 0 aromatic carbocycles. The first-order valence-corrected chi connectivity index (χ1v) is 9.48. The van der Waals surface area contributed by atoms with Crippen LogP contribution in [-0.2, 0) is 16.6 Å². The highest BCUT2D eigenvalue weighted by atomic mass is 35.5. The number of aromatic nitrogens is 1. The van der Waals surface area contributed by atoms with Crippen molar-refractivity contribution in [2.45, 2.75) is 43.5 Å². The Morgan fingerprint density at radius 1 is 1.38 bits per heavy atom. The van der Waals surface area contributed by atoms with Crippen LogP contribution in [0.15, 0.2) is 22.4 Å². The molecule has 1 N–H and O–H groups in total. The Kier molecular flexibility index (Phi) is 3.90. The number of halogens is 1. The molecule has 1 fully saturated rings. The van der Waals surface area contributed by atoms with Crippen molar-refractivity contribution in [3.8, 4) is 0 Å². The van der Waals surface area contributed by atoms with E-state index in [4.69, 9.17) is 11.6 Å². The van der Waals surface area contributed by atoms with Gasteiger partial charge in [0.15, 0.2) is 0 Å². The summed E-state index contributed by atoms with van der Waals surface area (Å²) in [6, 6.07) is 5.80. The van der Waals surface area contributed by atoms with Crippen molar-refractivity contribution in [3.63, 3.8) is 0 Å². The van der Waals surface area contributed by atoms with Crippen molar-refractivity contribution < 1.29 is 8.42 Å². The summed E-state index contributed by atoms with van der Waals surface area (Å²) in [5.41, 5.74) is 3.39. The third-order valence-corrected chi connectivity index (χ3v) is 6.89. The van der Waals surface area contributed by atoms with Gasteiger partial charge in [0.1, 0.15) is 4.21 Å². The SMILES string of the molecule is Cc1cc(CNS(=O)(=O)c2ccc(Cl)s2)c(C)n1C1CC1. The third-order valence-electron chi connectivity index (χ3n) is 3.77. The van der Waals surface area contributed by atoms with Gasteiger partial charge in [0.25, 0.3) is 0 Å². The maximum Gasteiger partial charge on any atom is 0.250 e. The molecule has 7 heteroatoms. The molecule has 3 rings (SSSR count). The molecular formula is C14H17ClN2O2S2. The molecule has 0 atom stereocenters. The lowest BCUT2D eigenvalue weighted by Gasteiger charge is -2.08. The van der Waals surface area contributed by atoms with Crippen molar-refractivity contribution in [1.82, 2.24) is 9.29 Å². The zero-order valence-electron chi connectivity index (χ0n) is 11.9. The van der Waals surface area contributed by atoms with Crippen molar-refractivity contribution in [2.24, 2.45) is 0 Å². The van der Waals surface area contributed by atoms with E-state index in [-0.39, 0.29) is 4.21 Å². The van der Waals surface area contributed by atoms with E-state index in [9.17, 15) is 8.42 Å². The monoisotopic (exact) mass is 344 g/mol. The Hall–Kier alpha value is -0.820. The number of thiophene rings is 1. The lowest BCUT2D eigenvalue weighted by Crippen LogP contribution is -2.22. The van der Waals surface area contributed by atoms with Crippen molar-refractivity contribution >= 4 is 33.0 Å². The number of sulfonamides is 1. The van der Waals surface area contributed by atoms with Gasteiger partial charge in [-0.1, -0.05) is 11.6 Å². The minimum Gasteiger partial charge on any atom is -0.346 e. The molecule has 1 aliphatic rings. The van der Waals surface area contributed by atoms with Crippen LogP contribution in [-0.4, -0.2) is 13.0 Å². The van der Waals surface area contributed by atoms with Gasteiger partial charge < -0.3 is 4.57 Å². The molecule has 4 nitrogen and oxygen atoms in total. The number of aryl methyl sites for hydroxylation is 1. The highest BCUT2D eigenvalue weighted by Crippen LogP contribution is 2.38. The van der Waals surface area contributed by atoms with Crippen LogP contribution in [0.1, 0.15) is 35.8 Å². The lowest BCUT2D eigenvalue weighted by atomic mass is 10.2. The summed E-state index contributed by atoms with van der Waals surface area (Å²) in [5.74, 6) is 0. The predicted molar refractivity (Wildman–Crippen MR) is 85.5 cm³/mol. The van der Waals surface area contributed by atoms with Crippen LogP contribution in [0.5, 0.6) is 0 Å². The standard InChI is InChI=1S/C14H17ClN2O2S2/c1-9-7-11(10(2)17(9)12-3-4-12)8-16-21(18,19)14-6-5-13(15)20-14/h5-7,12,16H,3-4,8H2,1-2H3. The third kappa shape index (κ3) is 3.04. The van der Waals surface area contributed by atoms with Crippen molar-refractivity contribution in [1.29, 1.82) is 0 Å². The van der Waals surface area contributed by atoms with E-state index in [0.717, 1.165) is 22.6 Å². The highest BCUT2D eigenvalue weighted by Gasteiger charge is 2.27. The molecule has 2 heterocycles. The summed E-state index contributed by atoms with van der Waals surface area (Å²) < 4.78 is 30.1. The summed E-state index contributed by atoms with van der Waals surface area (Å²) in [6.45, 7) is 4.43. The number of rotatable bonds is 5. The Bertz CT molecular complexity index is 773. The molecule has 21 heavy (non-hydrogen) atoms. The van der Waals surface area contributed by atoms with Crippen LogP contribution in [0.2, 0.25) is 4.34 Å². The fourth-order valence-corrected chi connectivity index (χ4v) is 5.14. The summed E-state index contributed by atoms with van der Waals surface area (Å²) in [5, 5.41) is 0. The lowest BCUT2D eigenvalue weighted by molar-refractivity contribution is 0.583. The molecule has 114 valence electrons. The van der Waals surface area contributed by atoms with Crippen molar-refractivity contribution in [2.75, 3.05) is 0 Å². The Labute approximate surface area is 133 Å².